The fraction of sp³-hybridized carbons (Fsp3) is 0.444. The number of benzene rings is 1. The van der Waals surface area contributed by atoms with Crippen LogP contribution in [0.25, 0.3) is 0 Å². The van der Waals surface area contributed by atoms with E-state index < -0.39 is 5.97 Å². The van der Waals surface area contributed by atoms with E-state index in [1.54, 1.807) is 23.5 Å². The zero-order valence-corrected chi connectivity index (χ0v) is 14.2. The van der Waals surface area contributed by atoms with Crippen molar-refractivity contribution in [1.82, 2.24) is 9.88 Å². The van der Waals surface area contributed by atoms with Gasteiger partial charge in [0.2, 0.25) is 0 Å². The molecular weight excluding hydrogens is 308 g/mol. The second-order valence-electron chi connectivity index (χ2n) is 6.11. The second-order valence-corrected chi connectivity index (χ2v) is 7.00. The van der Waals surface area contributed by atoms with Crippen molar-refractivity contribution in [2.75, 3.05) is 13.1 Å². The Bertz CT molecular complexity index is 683. The molecule has 0 amide bonds. The minimum absolute atomic E-state index is 0.364. The predicted octanol–water partition coefficient (Wildman–Crippen LogP) is 3.78. The molecule has 1 N–H and O–H groups in total. The number of aromatic carboxylic acids is 1. The Labute approximate surface area is 140 Å². The summed E-state index contributed by atoms with van der Waals surface area (Å²) in [5.74, 6) is -0.352. The largest absolute Gasteiger partial charge is 0.478 e. The fourth-order valence-electron chi connectivity index (χ4n) is 3.13. The first-order valence-corrected chi connectivity index (χ1v) is 9.02. The Hall–Kier alpha value is -1.72. The molecule has 2 heterocycles. The summed E-state index contributed by atoms with van der Waals surface area (Å²) in [4.78, 5) is 18.3. The average molecular weight is 330 g/mol. The first-order valence-electron chi connectivity index (χ1n) is 8.14. The van der Waals surface area contributed by atoms with Crippen LogP contribution < -0.4 is 0 Å². The minimum Gasteiger partial charge on any atom is -0.478 e. The van der Waals surface area contributed by atoms with Gasteiger partial charge in [-0.3, -0.25) is 4.90 Å². The molecule has 0 spiro atoms. The molecule has 1 fully saturated rings. The topological polar surface area (TPSA) is 53.4 Å². The van der Waals surface area contributed by atoms with Crippen LogP contribution in [-0.4, -0.2) is 34.0 Å². The number of carboxylic acids is 1. The van der Waals surface area contributed by atoms with Crippen LogP contribution >= 0.6 is 11.3 Å². The van der Waals surface area contributed by atoms with Gasteiger partial charge in [-0.15, -0.1) is 11.3 Å². The lowest BCUT2D eigenvalue weighted by molar-refractivity contribution is 0.0696. The Morgan fingerprint density at radius 2 is 2.35 bits per heavy atom. The van der Waals surface area contributed by atoms with Gasteiger partial charge in [-0.05, 0) is 43.5 Å². The average Bonchev–Trinajstić information content (AvgIpc) is 3.04. The lowest BCUT2D eigenvalue weighted by Gasteiger charge is -2.31. The number of likely N-dealkylation sites (tertiary alicyclic amines) is 1. The van der Waals surface area contributed by atoms with E-state index in [2.05, 4.69) is 17.2 Å². The third-order valence-electron chi connectivity index (χ3n) is 4.37. The molecule has 4 nitrogen and oxygen atoms in total. The van der Waals surface area contributed by atoms with Crippen LogP contribution in [0.2, 0.25) is 0 Å². The molecule has 0 aliphatic carbocycles. The van der Waals surface area contributed by atoms with Crippen molar-refractivity contribution in [1.29, 1.82) is 0 Å². The number of aromatic nitrogens is 1. The standard InChI is InChI=1S/C18H22N2O2S/c1-2-16-12-23-17(19-16)15-7-4-8-20(11-15)10-13-5-3-6-14(9-13)18(21)22/h3,5-6,9,12,15H,2,4,7-8,10-11H2,1H3,(H,21,22). The molecule has 23 heavy (non-hydrogen) atoms. The quantitative estimate of drug-likeness (QED) is 0.906. The predicted molar refractivity (Wildman–Crippen MR) is 92.1 cm³/mol. The van der Waals surface area contributed by atoms with Gasteiger partial charge in [-0.1, -0.05) is 19.1 Å². The zero-order chi connectivity index (χ0) is 16.2. The third kappa shape index (κ3) is 3.98. The first kappa shape index (κ1) is 16.1. The van der Waals surface area contributed by atoms with Crippen molar-refractivity contribution in [3.63, 3.8) is 0 Å². The van der Waals surface area contributed by atoms with Gasteiger partial charge in [0, 0.05) is 24.4 Å². The van der Waals surface area contributed by atoms with E-state index in [1.165, 1.54) is 23.5 Å². The normalized spacial score (nSPS) is 18.9. The summed E-state index contributed by atoms with van der Waals surface area (Å²) in [6.45, 7) is 5.03. The van der Waals surface area contributed by atoms with Crippen molar-refractivity contribution in [3.8, 4) is 0 Å². The van der Waals surface area contributed by atoms with Crippen molar-refractivity contribution >= 4 is 17.3 Å². The van der Waals surface area contributed by atoms with E-state index in [0.717, 1.165) is 31.6 Å². The number of thiazole rings is 1. The number of carbonyl (C=O) groups is 1. The van der Waals surface area contributed by atoms with Crippen LogP contribution in [0.5, 0.6) is 0 Å². The second kappa shape index (κ2) is 7.23. The summed E-state index contributed by atoms with van der Waals surface area (Å²) in [5.41, 5.74) is 2.62. The third-order valence-corrected chi connectivity index (χ3v) is 5.42. The van der Waals surface area contributed by atoms with Gasteiger partial charge >= 0.3 is 5.97 Å². The van der Waals surface area contributed by atoms with E-state index in [1.807, 2.05) is 12.1 Å². The number of rotatable bonds is 5. The Morgan fingerprint density at radius 3 is 3.09 bits per heavy atom. The van der Waals surface area contributed by atoms with E-state index in [9.17, 15) is 4.79 Å². The summed E-state index contributed by atoms with van der Waals surface area (Å²) in [6.07, 6.45) is 3.36. The van der Waals surface area contributed by atoms with Crippen LogP contribution in [0, 0.1) is 0 Å². The molecule has 1 aliphatic rings. The summed E-state index contributed by atoms with van der Waals surface area (Å²) in [6, 6.07) is 7.26. The summed E-state index contributed by atoms with van der Waals surface area (Å²) >= 11 is 1.78. The van der Waals surface area contributed by atoms with Gasteiger partial charge in [-0.25, -0.2) is 9.78 Å². The number of hydrogen-bond donors (Lipinski definition) is 1. The maximum atomic E-state index is 11.1. The number of piperidine rings is 1. The minimum atomic E-state index is -0.863. The van der Waals surface area contributed by atoms with Crippen molar-refractivity contribution < 1.29 is 9.90 Å². The van der Waals surface area contributed by atoms with Crippen molar-refractivity contribution in [2.24, 2.45) is 0 Å². The smallest absolute Gasteiger partial charge is 0.335 e. The molecule has 0 saturated carbocycles. The summed E-state index contributed by atoms with van der Waals surface area (Å²) in [7, 11) is 0. The van der Waals surface area contributed by atoms with Crippen LogP contribution in [0.1, 0.15) is 52.3 Å². The van der Waals surface area contributed by atoms with Gasteiger partial charge < -0.3 is 5.11 Å². The van der Waals surface area contributed by atoms with Crippen LogP contribution in [0.4, 0.5) is 0 Å². The lowest BCUT2D eigenvalue weighted by Crippen LogP contribution is -2.33. The fourth-order valence-corrected chi connectivity index (χ4v) is 4.17. The number of hydrogen-bond acceptors (Lipinski definition) is 4. The molecule has 5 heteroatoms. The SMILES string of the molecule is CCc1csc(C2CCCN(Cc3cccc(C(=O)O)c3)C2)n1. The van der Waals surface area contributed by atoms with Gasteiger partial charge in [0.05, 0.1) is 16.3 Å². The zero-order valence-electron chi connectivity index (χ0n) is 13.4. The Balaban J connectivity index is 1.66. The molecule has 1 aliphatic heterocycles. The Morgan fingerprint density at radius 1 is 1.48 bits per heavy atom. The van der Waals surface area contributed by atoms with Crippen molar-refractivity contribution in [3.05, 3.63) is 51.5 Å². The molecule has 1 aromatic carbocycles. The first-order chi connectivity index (χ1) is 11.2. The molecule has 122 valence electrons. The Kier molecular flexibility index (Phi) is 5.08. The summed E-state index contributed by atoms with van der Waals surface area (Å²) in [5, 5.41) is 12.5. The highest BCUT2D eigenvalue weighted by Gasteiger charge is 2.23. The molecular formula is C18H22N2O2S. The van der Waals surface area contributed by atoms with Crippen LogP contribution in [0.3, 0.4) is 0 Å². The van der Waals surface area contributed by atoms with Gasteiger partial charge in [-0.2, -0.15) is 0 Å². The van der Waals surface area contributed by atoms with Crippen LogP contribution in [0.15, 0.2) is 29.6 Å². The molecule has 1 atom stereocenters. The van der Waals surface area contributed by atoms with Gasteiger partial charge in [0.25, 0.3) is 0 Å². The van der Waals surface area contributed by atoms with Crippen LogP contribution in [-0.2, 0) is 13.0 Å². The maximum absolute atomic E-state index is 11.1. The molecule has 0 radical (unpaired) electrons. The molecule has 1 unspecified atom stereocenters. The van der Waals surface area contributed by atoms with E-state index >= 15 is 0 Å². The monoisotopic (exact) mass is 330 g/mol. The lowest BCUT2D eigenvalue weighted by atomic mass is 9.98. The summed E-state index contributed by atoms with van der Waals surface area (Å²) < 4.78 is 0. The maximum Gasteiger partial charge on any atom is 0.335 e. The molecule has 1 aromatic heterocycles. The van der Waals surface area contributed by atoms with Gasteiger partial charge in [0.1, 0.15) is 0 Å². The number of carboxylic acid groups (broad SMARTS) is 1. The molecule has 0 bridgehead atoms. The molecule has 3 rings (SSSR count). The van der Waals surface area contributed by atoms with E-state index in [0.29, 0.717) is 11.5 Å². The van der Waals surface area contributed by atoms with E-state index in [4.69, 9.17) is 10.1 Å². The number of aryl methyl sites for hydroxylation is 1. The highest BCUT2D eigenvalue weighted by atomic mass is 32.1. The van der Waals surface area contributed by atoms with Crippen molar-refractivity contribution in [2.45, 2.75) is 38.6 Å². The highest BCUT2D eigenvalue weighted by molar-refractivity contribution is 7.09. The number of nitrogens with zero attached hydrogens (tertiary/aromatic N) is 2. The molecule has 2 aromatic rings. The van der Waals surface area contributed by atoms with Gasteiger partial charge in [0.15, 0.2) is 0 Å². The van der Waals surface area contributed by atoms with E-state index in [-0.39, 0.29) is 0 Å². The highest BCUT2D eigenvalue weighted by Crippen LogP contribution is 2.30. The molecule has 1 saturated heterocycles.